The van der Waals surface area contributed by atoms with E-state index in [1.165, 1.54) is 0 Å². The summed E-state index contributed by atoms with van der Waals surface area (Å²) in [5.41, 5.74) is 7.20. The molecule has 33 heavy (non-hydrogen) atoms. The summed E-state index contributed by atoms with van der Waals surface area (Å²) in [5, 5.41) is 28.9. The van der Waals surface area contributed by atoms with E-state index < -0.39 is 11.8 Å². The molecular weight excluding hydrogens is 461 g/mol. The molecule has 0 spiro atoms. The molecular formula is C25H35Cl2N3O3. The van der Waals surface area contributed by atoms with E-state index in [2.05, 4.69) is 10.5 Å². The normalized spacial score (nSPS) is 15.7. The first kappa shape index (κ1) is 27.6. The largest absolute Gasteiger partial charge is 0.396 e. The number of oxime groups is 1. The second-order valence-corrected chi connectivity index (χ2v) is 9.00. The van der Waals surface area contributed by atoms with Crippen molar-refractivity contribution in [1.82, 2.24) is 5.32 Å². The molecule has 2 aromatic rings. The van der Waals surface area contributed by atoms with Crippen LogP contribution in [0, 0.1) is 0 Å². The van der Waals surface area contributed by atoms with Crippen molar-refractivity contribution in [3.05, 3.63) is 69.7 Å². The Bertz CT molecular complexity index is 880. The number of nitrogens with one attached hydrogen (secondary N) is 1. The Balaban J connectivity index is 1.98. The summed E-state index contributed by atoms with van der Waals surface area (Å²) in [6.07, 6.45) is 1.39. The van der Waals surface area contributed by atoms with Gasteiger partial charge in [-0.3, -0.25) is 0 Å². The number of nitrogens with two attached hydrogens (primary N) is 1. The van der Waals surface area contributed by atoms with Crippen LogP contribution < -0.4 is 11.1 Å². The fourth-order valence-electron chi connectivity index (χ4n) is 3.67. The Hall–Kier alpha value is -1.67. The van der Waals surface area contributed by atoms with E-state index in [4.69, 9.17) is 33.8 Å². The van der Waals surface area contributed by atoms with E-state index in [1.54, 1.807) is 6.07 Å². The molecule has 0 heterocycles. The van der Waals surface area contributed by atoms with Crippen molar-refractivity contribution in [1.29, 1.82) is 0 Å². The quantitative estimate of drug-likeness (QED) is 0.130. The number of hydrogen-bond donors (Lipinski definition) is 4. The molecule has 6 nitrogen and oxygen atoms in total. The molecule has 0 radical (unpaired) electrons. The highest BCUT2D eigenvalue weighted by Gasteiger charge is 2.26. The van der Waals surface area contributed by atoms with E-state index in [9.17, 15) is 10.2 Å². The van der Waals surface area contributed by atoms with E-state index >= 15 is 0 Å². The maximum Gasteiger partial charge on any atom is 0.120 e. The summed E-state index contributed by atoms with van der Waals surface area (Å²) in [5.74, 6) is -0.0331. The minimum atomic E-state index is -0.923. The second-order valence-electron chi connectivity index (χ2n) is 8.19. The Morgan fingerprint density at radius 3 is 2.48 bits per heavy atom. The predicted octanol–water partition coefficient (Wildman–Crippen LogP) is 4.80. The third-order valence-electron chi connectivity index (χ3n) is 5.78. The van der Waals surface area contributed by atoms with Gasteiger partial charge < -0.3 is 26.1 Å². The van der Waals surface area contributed by atoms with Crippen LogP contribution in [0.3, 0.4) is 0 Å². The first-order valence-corrected chi connectivity index (χ1v) is 12.1. The van der Waals surface area contributed by atoms with Crippen molar-refractivity contribution < 1.29 is 15.1 Å². The summed E-state index contributed by atoms with van der Waals surface area (Å²) in [7, 11) is 0. The van der Waals surface area contributed by atoms with Crippen LogP contribution in [0.4, 0.5) is 0 Å². The van der Waals surface area contributed by atoms with Gasteiger partial charge in [-0.25, -0.2) is 0 Å². The van der Waals surface area contributed by atoms with Crippen molar-refractivity contribution in [2.45, 2.75) is 57.3 Å². The first-order valence-electron chi connectivity index (χ1n) is 11.3. The van der Waals surface area contributed by atoms with Gasteiger partial charge in [-0.2, -0.15) is 0 Å². The number of aliphatic hydroxyl groups is 2. The molecule has 0 saturated heterocycles. The number of aliphatic hydroxyl groups excluding tert-OH is 1. The van der Waals surface area contributed by atoms with Gasteiger partial charge in [-0.15, -0.1) is 0 Å². The summed E-state index contributed by atoms with van der Waals surface area (Å²) >= 11 is 12.3. The van der Waals surface area contributed by atoms with Gasteiger partial charge >= 0.3 is 0 Å². The lowest BCUT2D eigenvalue weighted by Gasteiger charge is -2.27. The van der Waals surface area contributed by atoms with Crippen molar-refractivity contribution >= 4 is 28.9 Å². The number of rotatable bonds is 14. The lowest BCUT2D eigenvalue weighted by Crippen LogP contribution is -2.31. The van der Waals surface area contributed by atoms with E-state index in [-0.39, 0.29) is 12.5 Å². The van der Waals surface area contributed by atoms with Gasteiger partial charge in [-0.05, 0) is 62.5 Å². The third-order valence-corrected chi connectivity index (χ3v) is 6.52. The molecule has 2 rings (SSSR count). The molecule has 3 unspecified atom stereocenters. The summed E-state index contributed by atoms with van der Waals surface area (Å²) in [4.78, 5) is 5.33. The molecule has 0 bridgehead atoms. The van der Waals surface area contributed by atoms with Gasteiger partial charge in [0.1, 0.15) is 12.8 Å². The predicted molar refractivity (Wildman–Crippen MR) is 136 cm³/mol. The molecule has 8 heteroatoms. The van der Waals surface area contributed by atoms with Gasteiger partial charge in [0.05, 0.1) is 21.4 Å². The van der Waals surface area contributed by atoms with Crippen LogP contribution in [0.25, 0.3) is 0 Å². The van der Waals surface area contributed by atoms with Gasteiger partial charge in [0.2, 0.25) is 0 Å². The number of benzene rings is 2. The number of halogens is 2. The van der Waals surface area contributed by atoms with Crippen LogP contribution >= 0.6 is 23.2 Å². The fraction of sp³-hybridized carbons (Fsp3) is 0.480. The summed E-state index contributed by atoms with van der Waals surface area (Å²) in [6.45, 7) is 5.52. The lowest BCUT2D eigenvalue weighted by molar-refractivity contribution is 0.0237. The zero-order valence-corrected chi connectivity index (χ0v) is 20.8. The molecule has 5 N–H and O–H groups in total. The van der Waals surface area contributed by atoms with E-state index in [0.29, 0.717) is 42.4 Å². The van der Waals surface area contributed by atoms with Gasteiger partial charge in [0, 0.05) is 12.3 Å². The molecule has 0 saturated carbocycles. The fourth-order valence-corrected chi connectivity index (χ4v) is 3.98. The Morgan fingerprint density at radius 1 is 1.12 bits per heavy atom. The van der Waals surface area contributed by atoms with Crippen LogP contribution in [0.1, 0.15) is 56.6 Å². The molecule has 182 valence electrons. The van der Waals surface area contributed by atoms with Gasteiger partial charge in [0.25, 0.3) is 0 Å². The van der Waals surface area contributed by atoms with E-state index in [0.717, 1.165) is 23.3 Å². The average molecular weight is 496 g/mol. The number of hydrogen-bond acceptors (Lipinski definition) is 6. The van der Waals surface area contributed by atoms with Crippen LogP contribution in [-0.2, 0) is 10.4 Å². The summed E-state index contributed by atoms with van der Waals surface area (Å²) in [6, 6.07) is 15.3. The lowest BCUT2D eigenvalue weighted by atomic mass is 9.88. The molecule has 2 aromatic carbocycles. The Kier molecular flexibility index (Phi) is 11.6. The first-order chi connectivity index (χ1) is 15.8. The smallest absolute Gasteiger partial charge is 0.120 e. The SMILES string of the molecule is CCC(O)(CCNCCC(/C(C)=N/OCCC(N)O)c1ccc(Cl)c(Cl)c1)c1ccccc1. The summed E-state index contributed by atoms with van der Waals surface area (Å²) < 4.78 is 0. The van der Waals surface area contributed by atoms with Crippen LogP contribution in [0.15, 0.2) is 53.7 Å². The van der Waals surface area contributed by atoms with Gasteiger partial charge in [0.15, 0.2) is 0 Å². The molecule has 0 fully saturated rings. The van der Waals surface area contributed by atoms with Crippen LogP contribution in [0.2, 0.25) is 10.0 Å². The standard InChI is InChI=1S/C25H35Cl2N3O3/c1-3-25(32,20-7-5-4-6-8-20)13-15-29-14-11-21(18(2)30-33-16-12-24(28)31)19-9-10-22(26)23(27)17-19/h4-10,17,21,24,29,31-32H,3,11-16,28H2,1-2H3/b30-18+. The van der Waals surface area contributed by atoms with Gasteiger partial charge in [-0.1, -0.05) is 71.7 Å². The molecule has 0 aliphatic rings. The van der Waals surface area contributed by atoms with Crippen molar-refractivity contribution in [2.75, 3.05) is 19.7 Å². The molecule has 3 atom stereocenters. The minimum absolute atomic E-state index is 0.0331. The zero-order chi connectivity index (χ0) is 24.3. The van der Waals surface area contributed by atoms with Crippen molar-refractivity contribution in [3.63, 3.8) is 0 Å². The second kappa shape index (κ2) is 13.9. The molecule has 0 amide bonds. The highest BCUT2D eigenvalue weighted by Crippen LogP contribution is 2.30. The number of nitrogens with zero attached hydrogens (tertiary/aromatic N) is 1. The highest BCUT2D eigenvalue weighted by molar-refractivity contribution is 6.42. The molecule has 0 aliphatic carbocycles. The van der Waals surface area contributed by atoms with E-state index in [1.807, 2.05) is 56.3 Å². The third kappa shape index (κ3) is 8.89. The van der Waals surface area contributed by atoms with Crippen molar-refractivity contribution in [2.24, 2.45) is 10.9 Å². The minimum Gasteiger partial charge on any atom is -0.396 e. The highest BCUT2D eigenvalue weighted by atomic mass is 35.5. The maximum atomic E-state index is 11.1. The Morgan fingerprint density at radius 2 is 1.85 bits per heavy atom. The zero-order valence-electron chi connectivity index (χ0n) is 19.3. The molecule has 0 aliphatic heterocycles. The topological polar surface area (TPSA) is 100 Å². The van der Waals surface area contributed by atoms with Crippen LogP contribution in [-0.4, -0.2) is 41.8 Å². The van der Waals surface area contributed by atoms with Crippen molar-refractivity contribution in [3.8, 4) is 0 Å². The average Bonchev–Trinajstić information content (AvgIpc) is 2.81. The Labute approximate surface area is 206 Å². The monoisotopic (exact) mass is 495 g/mol. The maximum absolute atomic E-state index is 11.1. The van der Waals surface area contributed by atoms with Crippen LogP contribution in [0.5, 0.6) is 0 Å². The molecule has 0 aromatic heterocycles.